The van der Waals surface area contributed by atoms with Crippen LogP contribution in [-0.2, 0) is 18.5 Å². The van der Waals surface area contributed by atoms with Crippen LogP contribution in [0, 0.1) is 5.41 Å². The maximum Gasteiger partial charge on any atom is 0.203 e. The van der Waals surface area contributed by atoms with E-state index in [-0.39, 0.29) is 5.41 Å². The molecular weight excluding hydrogens is 322 g/mol. The quantitative estimate of drug-likeness (QED) is 0.687. The van der Waals surface area contributed by atoms with Gasteiger partial charge in [0.1, 0.15) is 12.4 Å². The summed E-state index contributed by atoms with van der Waals surface area (Å²) in [4.78, 5) is 0. The SMILES string of the molecule is CCCn1c(=N)n(CCOc2ccc(C(C)(C)C)cc2)c2ccccc21. The Bertz CT molecular complexity index is 927. The molecular formula is C22H29N3O. The molecule has 0 aliphatic carbocycles. The number of aromatic nitrogens is 2. The van der Waals surface area contributed by atoms with Crippen molar-refractivity contribution in [2.75, 3.05) is 6.61 Å². The number of para-hydroxylation sites is 2. The zero-order valence-electron chi connectivity index (χ0n) is 16.2. The largest absolute Gasteiger partial charge is 0.492 e. The summed E-state index contributed by atoms with van der Waals surface area (Å²) in [5, 5.41) is 8.53. The Morgan fingerprint density at radius 3 is 2.00 bits per heavy atom. The lowest BCUT2D eigenvalue weighted by molar-refractivity contribution is 0.296. The van der Waals surface area contributed by atoms with E-state index in [4.69, 9.17) is 10.1 Å². The first-order chi connectivity index (χ1) is 12.4. The molecule has 1 aromatic heterocycles. The predicted molar refractivity (Wildman–Crippen MR) is 107 cm³/mol. The molecule has 0 atom stereocenters. The third kappa shape index (κ3) is 3.69. The van der Waals surface area contributed by atoms with E-state index in [1.165, 1.54) is 5.56 Å². The molecule has 0 saturated carbocycles. The van der Waals surface area contributed by atoms with E-state index in [9.17, 15) is 0 Å². The molecule has 3 rings (SSSR count). The average Bonchev–Trinajstić information content (AvgIpc) is 2.88. The van der Waals surface area contributed by atoms with E-state index in [2.05, 4.69) is 56.5 Å². The Hall–Kier alpha value is -2.49. The summed E-state index contributed by atoms with van der Waals surface area (Å²) in [6.07, 6.45) is 1.02. The zero-order valence-corrected chi connectivity index (χ0v) is 16.2. The minimum absolute atomic E-state index is 0.148. The Morgan fingerprint density at radius 1 is 0.885 bits per heavy atom. The van der Waals surface area contributed by atoms with Crippen LogP contribution in [0.2, 0.25) is 0 Å². The Morgan fingerprint density at radius 2 is 1.46 bits per heavy atom. The lowest BCUT2D eigenvalue weighted by Gasteiger charge is -2.19. The van der Waals surface area contributed by atoms with E-state index in [0.29, 0.717) is 18.8 Å². The second-order valence-electron chi connectivity index (χ2n) is 7.74. The van der Waals surface area contributed by atoms with Gasteiger partial charge in [0.05, 0.1) is 17.6 Å². The molecule has 0 amide bonds. The fourth-order valence-corrected chi connectivity index (χ4v) is 3.28. The van der Waals surface area contributed by atoms with Gasteiger partial charge in [-0.2, -0.15) is 0 Å². The molecule has 0 aliphatic heterocycles. The first kappa shape index (κ1) is 18.3. The van der Waals surface area contributed by atoms with Crippen molar-refractivity contribution in [3.05, 3.63) is 59.7 Å². The highest BCUT2D eigenvalue weighted by molar-refractivity contribution is 5.75. The molecule has 0 saturated heterocycles. The summed E-state index contributed by atoms with van der Waals surface area (Å²) in [7, 11) is 0. The summed E-state index contributed by atoms with van der Waals surface area (Å²) in [6, 6.07) is 16.6. The van der Waals surface area contributed by atoms with E-state index < -0.39 is 0 Å². The topological polar surface area (TPSA) is 42.9 Å². The molecule has 26 heavy (non-hydrogen) atoms. The third-order valence-electron chi connectivity index (χ3n) is 4.73. The van der Waals surface area contributed by atoms with E-state index in [1.54, 1.807) is 0 Å². The molecule has 0 aliphatic rings. The Labute approximate surface area is 155 Å². The number of benzene rings is 2. The number of imidazole rings is 1. The van der Waals surface area contributed by atoms with Crippen molar-refractivity contribution in [1.29, 1.82) is 5.41 Å². The lowest BCUT2D eigenvalue weighted by Crippen LogP contribution is -2.26. The van der Waals surface area contributed by atoms with Crippen molar-refractivity contribution in [3.8, 4) is 5.75 Å². The molecule has 0 radical (unpaired) electrons. The summed E-state index contributed by atoms with van der Waals surface area (Å²) in [6.45, 7) is 10.8. The molecule has 1 N–H and O–H groups in total. The number of hydrogen-bond acceptors (Lipinski definition) is 2. The molecule has 138 valence electrons. The van der Waals surface area contributed by atoms with Crippen LogP contribution in [0.5, 0.6) is 5.75 Å². The van der Waals surface area contributed by atoms with Gasteiger partial charge in [0.2, 0.25) is 5.62 Å². The molecule has 1 heterocycles. The minimum atomic E-state index is 0.148. The lowest BCUT2D eigenvalue weighted by atomic mass is 9.87. The molecule has 4 heteroatoms. The van der Waals surface area contributed by atoms with Gasteiger partial charge in [-0.15, -0.1) is 0 Å². The average molecular weight is 351 g/mol. The van der Waals surface area contributed by atoms with Gasteiger partial charge in [-0.1, -0.05) is 52.0 Å². The molecule has 0 fully saturated rings. The van der Waals surface area contributed by atoms with E-state index in [0.717, 1.165) is 29.7 Å². The van der Waals surface area contributed by atoms with E-state index >= 15 is 0 Å². The van der Waals surface area contributed by atoms with Crippen molar-refractivity contribution in [1.82, 2.24) is 9.13 Å². The van der Waals surface area contributed by atoms with Gasteiger partial charge in [-0.25, -0.2) is 0 Å². The number of nitrogens with zero attached hydrogens (tertiary/aromatic N) is 2. The van der Waals surface area contributed by atoms with Crippen molar-refractivity contribution < 1.29 is 4.74 Å². The number of rotatable bonds is 6. The number of hydrogen-bond donors (Lipinski definition) is 1. The highest BCUT2D eigenvalue weighted by atomic mass is 16.5. The van der Waals surface area contributed by atoms with Gasteiger partial charge in [0.15, 0.2) is 0 Å². The molecule has 0 unspecified atom stereocenters. The molecule has 4 nitrogen and oxygen atoms in total. The Balaban J connectivity index is 1.74. The molecule has 0 spiro atoms. The van der Waals surface area contributed by atoms with Gasteiger partial charge in [-0.05, 0) is 41.7 Å². The second-order valence-corrected chi connectivity index (χ2v) is 7.74. The normalized spacial score (nSPS) is 11.8. The van der Waals surface area contributed by atoms with Crippen LogP contribution in [0.3, 0.4) is 0 Å². The van der Waals surface area contributed by atoms with Crippen LogP contribution in [0.15, 0.2) is 48.5 Å². The highest BCUT2D eigenvalue weighted by Gasteiger charge is 2.13. The van der Waals surface area contributed by atoms with Gasteiger partial charge in [0, 0.05) is 6.54 Å². The zero-order chi connectivity index (χ0) is 18.7. The highest BCUT2D eigenvalue weighted by Crippen LogP contribution is 2.24. The standard InChI is InChI=1S/C22H29N3O/c1-5-14-24-19-8-6-7-9-20(19)25(21(24)23)15-16-26-18-12-10-17(11-13-18)22(2,3)4/h6-13,23H,5,14-16H2,1-4H3. The van der Waals surface area contributed by atoms with Crippen LogP contribution in [0.25, 0.3) is 11.0 Å². The smallest absolute Gasteiger partial charge is 0.203 e. The predicted octanol–water partition coefficient (Wildman–Crippen LogP) is 4.71. The van der Waals surface area contributed by atoms with E-state index in [1.807, 2.05) is 28.8 Å². The van der Waals surface area contributed by atoms with Crippen LogP contribution < -0.4 is 10.4 Å². The van der Waals surface area contributed by atoms with Crippen LogP contribution in [-0.4, -0.2) is 15.7 Å². The van der Waals surface area contributed by atoms with Gasteiger partial charge in [0.25, 0.3) is 0 Å². The number of fused-ring (bicyclic) bond motifs is 1. The van der Waals surface area contributed by atoms with Crippen molar-refractivity contribution in [2.45, 2.75) is 52.6 Å². The van der Waals surface area contributed by atoms with Gasteiger partial charge in [-0.3, -0.25) is 5.41 Å². The first-order valence-corrected chi connectivity index (χ1v) is 9.38. The maximum atomic E-state index is 8.53. The molecule has 2 aromatic carbocycles. The second kappa shape index (κ2) is 7.40. The van der Waals surface area contributed by atoms with Crippen LogP contribution in [0.4, 0.5) is 0 Å². The first-order valence-electron chi connectivity index (χ1n) is 9.38. The molecule has 3 aromatic rings. The Kier molecular flexibility index (Phi) is 5.21. The third-order valence-corrected chi connectivity index (χ3v) is 4.73. The summed E-state index contributed by atoms with van der Waals surface area (Å²) >= 11 is 0. The fraction of sp³-hybridized carbons (Fsp3) is 0.409. The minimum Gasteiger partial charge on any atom is -0.492 e. The molecule has 0 bridgehead atoms. The monoisotopic (exact) mass is 351 g/mol. The van der Waals surface area contributed by atoms with Crippen molar-refractivity contribution in [2.24, 2.45) is 0 Å². The number of ether oxygens (including phenoxy) is 1. The fourth-order valence-electron chi connectivity index (χ4n) is 3.28. The summed E-state index contributed by atoms with van der Waals surface area (Å²) < 4.78 is 10.1. The summed E-state index contributed by atoms with van der Waals surface area (Å²) in [5.41, 5.74) is 4.21. The maximum absolute atomic E-state index is 8.53. The van der Waals surface area contributed by atoms with Crippen molar-refractivity contribution >= 4 is 11.0 Å². The van der Waals surface area contributed by atoms with Gasteiger partial charge < -0.3 is 13.9 Å². The van der Waals surface area contributed by atoms with Crippen LogP contribution in [0.1, 0.15) is 39.7 Å². The summed E-state index contributed by atoms with van der Waals surface area (Å²) in [5.74, 6) is 0.877. The number of nitrogens with one attached hydrogen (secondary N) is 1. The van der Waals surface area contributed by atoms with Crippen molar-refractivity contribution in [3.63, 3.8) is 0 Å². The van der Waals surface area contributed by atoms with Crippen LogP contribution >= 0.6 is 0 Å². The number of aryl methyl sites for hydroxylation is 1. The van der Waals surface area contributed by atoms with Gasteiger partial charge >= 0.3 is 0 Å².